The summed E-state index contributed by atoms with van der Waals surface area (Å²) in [4.78, 5) is 2.26. The summed E-state index contributed by atoms with van der Waals surface area (Å²) in [6, 6.07) is 2.60. The highest BCUT2D eigenvalue weighted by molar-refractivity contribution is 7.98. The van der Waals surface area contributed by atoms with Crippen LogP contribution in [0.3, 0.4) is 0 Å². The van der Waals surface area contributed by atoms with E-state index in [9.17, 15) is 0 Å². The van der Waals surface area contributed by atoms with Gasteiger partial charge in [-0.1, -0.05) is 0 Å². The first-order chi connectivity index (χ1) is 9.24. The van der Waals surface area contributed by atoms with Gasteiger partial charge in [0.2, 0.25) is 5.88 Å². The molecule has 0 saturated heterocycles. The van der Waals surface area contributed by atoms with Crippen molar-refractivity contribution in [2.75, 3.05) is 19.8 Å². The van der Waals surface area contributed by atoms with E-state index in [1.807, 2.05) is 11.8 Å². The Labute approximate surface area is 118 Å². The summed E-state index contributed by atoms with van der Waals surface area (Å²) in [5, 5.41) is 8.58. The van der Waals surface area contributed by atoms with Gasteiger partial charge < -0.3 is 9.64 Å². The molecule has 1 aliphatic carbocycles. The van der Waals surface area contributed by atoms with Gasteiger partial charge in [0.15, 0.2) is 0 Å². The summed E-state index contributed by atoms with van der Waals surface area (Å²) < 4.78 is 6.09. The van der Waals surface area contributed by atoms with Crippen LogP contribution in [0.15, 0.2) is 6.07 Å². The highest BCUT2D eigenvalue weighted by Crippen LogP contribution is 2.29. The summed E-state index contributed by atoms with van der Waals surface area (Å²) in [5.74, 6) is 2.91. The van der Waals surface area contributed by atoms with Gasteiger partial charge in [-0.25, -0.2) is 0 Å². The van der Waals surface area contributed by atoms with Crippen LogP contribution in [-0.4, -0.2) is 47.1 Å². The zero-order chi connectivity index (χ0) is 13.2. The fourth-order valence-corrected chi connectivity index (χ4v) is 3.92. The van der Waals surface area contributed by atoms with Gasteiger partial charge in [-0.15, -0.1) is 5.10 Å². The van der Waals surface area contributed by atoms with Crippen molar-refractivity contribution in [1.29, 1.82) is 0 Å². The van der Waals surface area contributed by atoms with Crippen LogP contribution in [0.4, 0.5) is 0 Å². The third-order valence-corrected chi connectivity index (χ3v) is 5.04. The maximum Gasteiger partial charge on any atom is 0.234 e. The second-order valence-corrected chi connectivity index (χ2v) is 6.68. The lowest BCUT2D eigenvalue weighted by molar-refractivity contribution is 0.115. The third-order valence-electron chi connectivity index (χ3n) is 4.03. The van der Waals surface area contributed by atoms with Gasteiger partial charge in [0.25, 0.3) is 0 Å². The lowest BCUT2D eigenvalue weighted by atomic mass is 10.2. The topological polar surface area (TPSA) is 38.2 Å². The summed E-state index contributed by atoms with van der Waals surface area (Å²) in [7, 11) is 4.25. The smallest absolute Gasteiger partial charge is 0.234 e. The number of aryl methyl sites for hydroxylation is 1. The molecule has 0 aromatic carbocycles. The predicted octanol–water partition coefficient (Wildman–Crippen LogP) is 2.13. The minimum Gasteiger partial charge on any atom is -0.472 e. The fourth-order valence-electron chi connectivity index (χ4n) is 2.97. The summed E-state index contributed by atoms with van der Waals surface area (Å²) in [5.41, 5.74) is 2.46. The molecule has 1 aliphatic heterocycles. The molecule has 4 nitrogen and oxygen atoms in total. The van der Waals surface area contributed by atoms with E-state index >= 15 is 0 Å². The van der Waals surface area contributed by atoms with Crippen LogP contribution < -0.4 is 4.74 Å². The number of fused-ring (bicyclic) bond motifs is 1. The second kappa shape index (κ2) is 5.67. The Morgan fingerprint density at radius 2 is 2.21 bits per heavy atom. The van der Waals surface area contributed by atoms with E-state index in [1.54, 1.807) is 0 Å². The van der Waals surface area contributed by atoms with Gasteiger partial charge in [0.05, 0.1) is 5.69 Å². The second-order valence-electron chi connectivity index (χ2n) is 5.58. The van der Waals surface area contributed by atoms with Gasteiger partial charge >= 0.3 is 0 Å². The molecule has 5 heteroatoms. The molecule has 2 atom stereocenters. The maximum atomic E-state index is 6.09. The normalized spacial score (nSPS) is 26.5. The maximum absolute atomic E-state index is 6.09. The van der Waals surface area contributed by atoms with Crippen LogP contribution in [-0.2, 0) is 12.2 Å². The first-order valence-corrected chi connectivity index (χ1v) is 8.16. The van der Waals surface area contributed by atoms with E-state index < -0.39 is 0 Å². The highest BCUT2D eigenvalue weighted by atomic mass is 32.2. The average molecular weight is 279 g/mol. The van der Waals surface area contributed by atoms with Crippen LogP contribution in [0, 0.1) is 0 Å². The zero-order valence-electron chi connectivity index (χ0n) is 11.6. The SMILES string of the molecule is CN(C)C1CCCC1Oc1cc2c(nn1)CCSC2. The monoisotopic (exact) mass is 279 g/mol. The number of likely N-dealkylation sites (N-methyl/N-ethyl adjacent to an activating group) is 1. The Balaban J connectivity index is 1.72. The molecule has 0 radical (unpaired) electrons. The van der Waals surface area contributed by atoms with Crippen molar-refractivity contribution in [1.82, 2.24) is 15.1 Å². The van der Waals surface area contributed by atoms with Crippen LogP contribution >= 0.6 is 11.8 Å². The van der Waals surface area contributed by atoms with Crippen molar-refractivity contribution < 1.29 is 4.74 Å². The van der Waals surface area contributed by atoms with Crippen molar-refractivity contribution in [3.63, 3.8) is 0 Å². The van der Waals surface area contributed by atoms with Crippen molar-refractivity contribution in [2.45, 2.75) is 43.6 Å². The number of rotatable bonds is 3. The number of thioether (sulfide) groups is 1. The van der Waals surface area contributed by atoms with E-state index in [-0.39, 0.29) is 6.10 Å². The molecule has 1 aromatic rings. The van der Waals surface area contributed by atoms with E-state index in [0.717, 1.165) is 30.0 Å². The summed E-state index contributed by atoms with van der Waals surface area (Å²) in [6.45, 7) is 0. The molecule has 0 N–H and O–H groups in total. The quantitative estimate of drug-likeness (QED) is 0.847. The van der Waals surface area contributed by atoms with Crippen molar-refractivity contribution in [2.24, 2.45) is 0 Å². The Bertz CT molecular complexity index is 452. The lowest BCUT2D eigenvalue weighted by Gasteiger charge is -2.26. The Kier molecular flexibility index (Phi) is 3.93. The van der Waals surface area contributed by atoms with Crippen molar-refractivity contribution in [3.05, 3.63) is 17.3 Å². The van der Waals surface area contributed by atoms with E-state index in [0.29, 0.717) is 11.9 Å². The number of hydrogen-bond acceptors (Lipinski definition) is 5. The fraction of sp³-hybridized carbons (Fsp3) is 0.714. The van der Waals surface area contributed by atoms with E-state index in [1.165, 1.54) is 18.4 Å². The van der Waals surface area contributed by atoms with Crippen molar-refractivity contribution in [3.8, 4) is 5.88 Å². The standard InChI is InChI=1S/C14H21N3OS/c1-17(2)12-4-3-5-13(12)18-14-8-10-9-19-7-6-11(10)15-16-14/h8,12-13H,3-7,9H2,1-2H3. The van der Waals surface area contributed by atoms with Gasteiger partial charge in [-0.05, 0) is 44.7 Å². The average Bonchev–Trinajstić information content (AvgIpc) is 2.87. The lowest BCUT2D eigenvalue weighted by Crippen LogP contribution is -2.38. The molecule has 104 valence electrons. The predicted molar refractivity (Wildman–Crippen MR) is 77.6 cm³/mol. The van der Waals surface area contributed by atoms with Crippen molar-refractivity contribution >= 4 is 11.8 Å². The first-order valence-electron chi connectivity index (χ1n) is 7.00. The molecule has 2 heterocycles. The molecule has 1 aromatic heterocycles. The molecule has 0 amide bonds. The Morgan fingerprint density at radius 3 is 3.05 bits per heavy atom. The molecule has 2 aliphatic rings. The zero-order valence-corrected chi connectivity index (χ0v) is 12.4. The van der Waals surface area contributed by atoms with Crippen LogP contribution in [0.2, 0.25) is 0 Å². The molecule has 0 spiro atoms. The number of hydrogen-bond donors (Lipinski definition) is 0. The largest absolute Gasteiger partial charge is 0.472 e. The molecule has 1 fully saturated rings. The van der Waals surface area contributed by atoms with Crippen LogP contribution in [0.1, 0.15) is 30.5 Å². The third kappa shape index (κ3) is 2.87. The van der Waals surface area contributed by atoms with E-state index in [4.69, 9.17) is 4.74 Å². The number of nitrogens with zero attached hydrogens (tertiary/aromatic N) is 3. The Hall–Kier alpha value is -0.810. The summed E-state index contributed by atoms with van der Waals surface area (Å²) >= 11 is 1.96. The Morgan fingerprint density at radius 1 is 1.32 bits per heavy atom. The van der Waals surface area contributed by atoms with E-state index in [2.05, 4.69) is 35.3 Å². The first kappa shape index (κ1) is 13.2. The minimum atomic E-state index is 0.263. The summed E-state index contributed by atoms with van der Waals surface area (Å²) in [6.07, 6.45) is 4.87. The molecule has 0 bridgehead atoms. The van der Waals surface area contributed by atoms with Crippen LogP contribution in [0.25, 0.3) is 0 Å². The molecule has 19 heavy (non-hydrogen) atoms. The molecular formula is C14H21N3OS. The van der Waals surface area contributed by atoms with Gasteiger partial charge in [-0.2, -0.15) is 16.9 Å². The molecule has 3 rings (SSSR count). The van der Waals surface area contributed by atoms with Gasteiger partial charge in [0, 0.05) is 24.3 Å². The van der Waals surface area contributed by atoms with Gasteiger partial charge in [-0.3, -0.25) is 0 Å². The van der Waals surface area contributed by atoms with Crippen LogP contribution in [0.5, 0.6) is 5.88 Å². The minimum absolute atomic E-state index is 0.263. The van der Waals surface area contributed by atoms with Gasteiger partial charge in [0.1, 0.15) is 6.10 Å². The molecular weight excluding hydrogens is 258 g/mol. The highest BCUT2D eigenvalue weighted by Gasteiger charge is 2.31. The number of aromatic nitrogens is 2. The number of ether oxygens (including phenoxy) is 1. The molecule has 1 saturated carbocycles. The molecule has 2 unspecified atom stereocenters.